The molecule has 0 spiro atoms. The second-order valence-corrected chi connectivity index (χ2v) is 11.3. The van der Waals surface area contributed by atoms with Crippen molar-refractivity contribution in [3.05, 3.63) is 65.3 Å². The molecule has 1 aliphatic carbocycles. The number of hydrogen-bond acceptors (Lipinski definition) is 8. The van der Waals surface area contributed by atoms with Gasteiger partial charge in [-0.05, 0) is 68.9 Å². The third-order valence-corrected chi connectivity index (χ3v) is 8.38. The van der Waals surface area contributed by atoms with E-state index in [1.807, 2.05) is 18.2 Å². The quantitative estimate of drug-likeness (QED) is 0.227. The van der Waals surface area contributed by atoms with Crippen molar-refractivity contribution in [3.63, 3.8) is 0 Å². The summed E-state index contributed by atoms with van der Waals surface area (Å²) in [6.45, 7) is 4.46. The number of aromatic nitrogens is 3. The molecule has 4 aromatic rings. The van der Waals surface area contributed by atoms with Crippen LogP contribution in [-0.4, -0.2) is 38.7 Å². The Morgan fingerprint density at radius 2 is 1.77 bits per heavy atom. The highest BCUT2D eigenvalue weighted by atomic mass is 19.2. The predicted molar refractivity (Wildman–Crippen MR) is 154 cm³/mol. The highest BCUT2D eigenvalue weighted by Gasteiger charge is 2.39. The fourth-order valence-electron chi connectivity index (χ4n) is 6.49. The summed E-state index contributed by atoms with van der Waals surface area (Å²) < 4.78 is 46.3. The number of anilines is 1. The van der Waals surface area contributed by atoms with Crippen LogP contribution in [0.2, 0.25) is 0 Å². The molecule has 1 saturated heterocycles. The normalized spacial score (nSPS) is 20.3. The fraction of sp³-hybridized carbons (Fsp3) is 0.406. The van der Waals surface area contributed by atoms with Crippen LogP contribution in [0.1, 0.15) is 81.7 Å². The number of carbonyl (C=O) groups is 3. The number of amides is 1. The maximum Gasteiger partial charge on any atom is 0.303 e. The highest BCUT2D eigenvalue weighted by molar-refractivity contribution is 5.96. The summed E-state index contributed by atoms with van der Waals surface area (Å²) in [5, 5.41) is 4.07. The molecular weight excluding hydrogens is 574 g/mol. The number of ether oxygens (including phenoxy) is 2. The summed E-state index contributed by atoms with van der Waals surface area (Å²) in [6.07, 6.45) is 3.33. The van der Waals surface area contributed by atoms with Crippen molar-refractivity contribution >= 4 is 34.6 Å². The number of hydrogen-bond donors (Lipinski definition) is 0. The van der Waals surface area contributed by atoms with Crippen LogP contribution in [0, 0.1) is 18.6 Å². The van der Waals surface area contributed by atoms with Gasteiger partial charge in [0.1, 0.15) is 11.9 Å². The first-order chi connectivity index (χ1) is 21.1. The van der Waals surface area contributed by atoms with E-state index in [0.29, 0.717) is 47.6 Å². The standard InChI is InChI=1S/C32H32F2N4O6/c1-17-31(29(44-36-17)16-42-18(2)39)20-4-11-27-26(14-20)35-32(38(27)21-5-8-23(9-6-21)43-19(3)40)28-12-13-30(41)37(28)22-7-10-24(33)25(34)15-22/h4,7,10-11,14-15,21,23,28H,5-6,8-9,12-13,16H2,1-3H3/t21?,23?,28-/m0/s1. The molecule has 10 nitrogen and oxygen atoms in total. The van der Waals surface area contributed by atoms with Gasteiger partial charge in [0.2, 0.25) is 5.91 Å². The summed E-state index contributed by atoms with van der Waals surface area (Å²) in [5.41, 5.74) is 3.88. The van der Waals surface area contributed by atoms with E-state index in [1.165, 1.54) is 24.8 Å². The van der Waals surface area contributed by atoms with Gasteiger partial charge in [0.15, 0.2) is 24.0 Å². The zero-order valence-corrected chi connectivity index (χ0v) is 24.6. The number of aryl methyl sites for hydroxylation is 1. The van der Waals surface area contributed by atoms with Crippen molar-refractivity contribution in [3.8, 4) is 11.1 Å². The first-order valence-electron chi connectivity index (χ1n) is 14.7. The molecule has 2 aromatic carbocycles. The van der Waals surface area contributed by atoms with Crippen molar-refractivity contribution in [1.82, 2.24) is 14.7 Å². The number of fused-ring (bicyclic) bond motifs is 1. The van der Waals surface area contributed by atoms with Gasteiger partial charge in [0.05, 0.1) is 28.3 Å². The lowest BCUT2D eigenvalue weighted by Gasteiger charge is -2.32. The van der Waals surface area contributed by atoms with Gasteiger partial charge < -0.3 is 23.5 Å². The Morgan fingerprint density at radius 3 is 2.48 bits per heavy atom. The Hall–Kier alpha value is -4.61. The maximum absolute atomic E-state index is 14.3. The maximum atomic E-state index is 14.3. The summed E-state index contributed by atoms with van der Waals surface area (Å²) >= 11 is 0. The number of carbonyl (C=O) groups excluding carboxylic acids is 3. The second-order valence-electron chi connectivity index (χ2n) is 11.3. The van der Waals surface area contributed by atoms with E-state index in [0.717, 1.165) is 36.1 Å². The van der Waals surface area contributed by atoms with Crippen molar-refractivity contribution in [1.29, 1.82) is 0 Å². The summed E-state index contributed by atoms with van der Waals surface area (Å²) in [4.78, 5) is 42.7. The van der Waals surface area contributed by atoms with E-state index in [2.05, 4.69) is 9.72 Å². The SMILES string of the molecule is CC(=O)OCc1onc(C)c1-c1ccc2c(c1)nc([C@@H]1CCC(=O)N1c1ccc(F)c(F)c1)n2C1CCC(OC(C)=O)CC1. The average Bonchev–Trinajstić information content (AvgIpc) is 3.67. The van der Waals surface area contributed by atoms with Gasteiger partial charge in [-0.3, -0.25) is 14.4 Å². The van der Waals surface area contributed by atoms with Gasteiger partial charge in [0.25, 0.3) is 0 Å². The molecule has 0 bridgehead atoms. The van der Waals surface area contributed by atoms with Gasteiger partial charge in [0, 0.05) is 38.1 Å². The molecule has 1 aliphatic heterocycles. The minimum Gasteiger partial charge on any atom is -0.463 e. The lowest BCUT2D eigenvalue weighted by atomic mass is 9.92. The Morgan fingerprint density at radius 1 is 1.00 bits per heavy atom. The minimum atomic E-state index is -1.03. The van der Waals surface area contributed by atoms with Crippen molar-refractivity contribution in [2.24, 2.45) is 0 Å². The number of benzene rings is 2. The molecule has 230 valence electrons. The first kappa shape index (κ1) is 29.5. The Kier molecular flexibility index (Phi) is 7.91. The Bertz CT molecular complexity index is 1760. The molecule has 0 N–H and O–H groups in total. The smallest absolute Gasteiger partial charge is 0.303 e. The van der Waals surface area contributed by atoms with Gasteiger partial charge in [-0.1, -0.05) is 11.2 Å². The Labute approximate surface area is 251 Å². The van der Waals surface area contributed by atoms with Crippen LogP contribution in [0.5, 0.6) is 0 Å². The molecule has 2 fully saturated rings. The number of imidazole rings is 1. The summed E-state index contributed by atoms with van der Waals surface area (Å²) in [5.74, 6) is -1.91. The van der Waals surface area contributed by atoms with E-state index in [4.69, 9.17) is 19.0 Å². The van der Waals surface area contributed by atoms with E-state index in [1.54, 1.807) is 6.92 Å². The molecule has 2 aromatic heterocycles. The van der Waals surface area contributed by atoms with Gasteiger partial charge >= 0.3 is 11.9 Å². The van der Waals surface area contributed by atoms with Crippen molar-refractivity contribution in [2.45, 2.75) is 84.1 Å². The van der Waals surface area contributed by atoms with E-state index < -0.39 is 23.6 Å². The molecule has 3 heterocycles. The summed E-state index contributed by atoms with van der Waals surface area (Å²) in [7, 11) is 0. The zero-order chi connectivity index (χ0) is 31.1. The number of halogens is 2. The second kappa shape index (κ2) is 11.8. The van der Waals surface area contributed by atoms with Crippen LogP contribution in [0.15, 0.2) is 40.9 Å². The number of esters is 2. The minimum absolute atomic E-state index is 0.00650. The van der Waals surface area contributed by atoms with E-state index in [-0.39, 0.29) is 42.7 Å². The van der Waals surface area contributed by atoms with Crippen LogP contribution in [0.25, 0.3) is 22.2 Å². The first-order valence-corrected chi connectivity index (χ1v) is 14.7. The topological polar surface area (TPSA) is 117 Å². The van der Waals surface area contributed by atoms with Gasteiger partial charge in [-0.2, -0.15) is 0 Å². The average molecular weight is 607 g/mol. The van der Waals surface area contributed by atoms with Crippen LogP contribution in [0.4, 0.5) is 14.5 Å². The van der Waals surface area contributed by atoms with Crippen LogP contribution < -0.4 is 4.90 Å². The molecule has 44 heavy (non-hydrogen) atoms. The number of rotatable bonds is 7. The molecule has 2 aliphatic rings. The molecule has 0 radical (unpaired) electrons. The molecule has 1 amide bonds. The molecule has 1 atom stereocenters. The van der Waals surface area contributed by atoms with Gasteiger partial charge in [-0.25, -0.2) is 13.8 Å². The predicted octanol–water partition coefficient (Wildman–Crippen LogP) is 6.26. The van der Waals surface area contributed by atoms with Crippen LogP contribution in [0.3, 0.4) is 0 Å². The van der Waals surface area contributed by atoms with Crippen molar-refractivity contribution < 1.29 is 37.2 Å². The summed E-state index contributed by atoms with van der Waals surface area (Å²) in [6, 6.07) is 8.77. The molecule has 1 saturated carbocycles. The zero-order valence-electron chi connectivity index (χ0n) is 24.6. The third-order valence-electron chi connectivity index (χ3n) is 8.38. The third kappa shape index (κ3) is 5.56. The molecule has 6 rings (SSSR count). The molecular formula is C32H32F2N4O6. The fourth-order valence-corrected chi connectivity index (χ4v) is 6.49. The lowest BCUT2D eigenvalue weighted by molar-refractivity contribution is -0.148. The van der Waals surface area contributed by atoms with Crippen molar-refractivity contribution in [2.75, 3.05) is 4.90 Å². The number of nitrogens with zero attached hydrogens (tertiary/aromatic N) is 4. The van der Waals surface area contributed by atoms with E-state index >= 15 is 0 Å². The lowest BCUT2D eigenvalue weighted by Crippen LogP contribution is -2.31. The van der Waals surface area contributed by atoms with Gasteiger partial charge in [-0.15, -0.1) is 0 Å². The van der Waals surface area contributed by atoms with E-state index in [9.17, 15) is 23.2 Å². The highest BCUT2D eigenvalue weighted by Crippen LogP contribution is 2.43. The molecule has 0 unspecified atom stereocenters. The van der Waals surface area contributed by atoms with Crippen LogP contribution in [-0.2, 0) is 30.5 Å². The Balaban J connectivity index is 1.44. The molecule has 12 heteroatoms. The van der Waals surface area contributed by atoms with Crippen LogP contribution >= 0.6 is 0 Å². The largest absolute Gasteiger partial charge is 0.463 e. The monoisotopic (exact) mass is 606 g/mol.